The second-order valence-electron chi connectivity index (χ2n) is 3.93. The molecule has 88 valence electrons. The summed E-state index contributed by atoms with van der Waals surface area (Å²) in [4.78, 5) is 19.0. The third-order valence-electron chi connectivity index (χ3n) is 2.59. The Morgan fingerprint density at radius 3 is 2.94 bits per heavy atom. The molecule has 5 heteroatoms. The Balaban J connectivity index is 2.16. The highest BCUT2D eigenvalue weighted by molar-refractivity contribution is 14.1. The van der Waals surface area contributed by atoms with Crippen LogP contribution < -0.4 is 5.56 Å². The van der Waals surface area contributed by atoms with Crippen LogP contribution in [0.4, 0.5) is 0 Å². The van der Waals surface area contributed by atoms with Crippen molar-refractivity contribution in [3.63, 3.8) is 0 Å². The molecule has 16 heavy (non-hydrogen) atoms. The van der Waals surface area contributed by atoms with E-state index in [2.05, 4.69) is 32.6 Å². The molecule has 1 aromatic rings. The predicted molar refractivity (Wildman–Crippen MR) is 69.7 cm³/mol. The molecule has 4 nitrogen and oxygen atoms in total. The Bertz CT molecular complexity index is 426. The van der Waals surface area contributed by atoms with E-state index in [0.29, 0.717) is 25.6 Å². The van der Waals surface area contributed by atoms with E-state index in [9.17, 15) is 4.79 Å². The maximum atomic E-state index is 11.7. The molecule has 1 heterocycles. The fourth-order valence-electron chi connectivity index (χ4n) is 1.58. The molecule has 1 aliphatic carbocycles. The van der Waals surface area contributed by atoms with Gasteiger partial charge in [-0.2, -0.15) is 0 Å². The number of halogens is 1. The van der Waals surface area contributed by atoms with Crippen LogP contribution in [-0.4, -0.2) is 23.2 Å². The van der Waals surface area contributed by atoms with Gasteiger partial charge in [-0.05, 0) is 42.4 Å². The monoisotopic (exact) mass is 334 g/mol. The molecule has 1 N–H and O–H groups in total. The fourth-order valence-corrected chi connectivity index (χ4v) is 2.28. The summed E-state index contributed by atoms with van der Waals surface area (Å²) in [6, 6.07) is 0. The van der Waals surface area contributed by atoms with Crippen molar-refractivity contribution in [3.8, 4) is 0 Å². The SMILES string of the molecule is CCOCCc1nc(C2CC2)c(I)c(=O)[nH]1. The molecule has 0 bridgehead atoms. The van der Waals surface area contributed by atoms with Crippen LogP contribution in [0.5, 0.6) is 0 Å². The Kier molecular flexibility index (Phi) is 3.96. The van der Waals surface area contributed by atoms with Crippen molar-refractivity contribution in [2.75, 3.05) is 13.2 Å². The van der Waals surface area contributed by atoms with Crippen molar-refractivity contribution in [1.29, 1.82) is 0 Å². The van der Waals surface area contributed by atoms with Gasteiger partial charge in [-0.15, -0.1) is 0 Å². The molecule has 0 aromatic carbocycles. The summed E-state index contributed by atoms with van der Waals surface area (Å²) in [5, 5.41) is 0. The van der Waals surface area contributed by atoms with Crippen LogP contribution in [0.15, 0.2) is 4.79 Å². The maximum absolute atomic E-state index is 11.7. The quantitative estimate of drug-likeness (QED) is 0.660. The molecule has 0 spiro atoms. The third-order valence-corrected chi connectivity index (χ3v) is 3.63. The first kappa shape index (κ1) is 12.0. The van der Waals surface area contributed by atoms with Gasteiger partial charge in [-0.3, -0.25) is 4.79 Å². The minimum absolute atomic E-state index is 0.0102. The number of nitrogens with one attached hydrogen (secondary N) is 1. The summed E-state index contributed by atoms with van der Waals surface area (Å²) < 4.78 is 6.01. The van der Waals surface area contributed by atoms with Gasteiger partial charge < -0.3 is 9.72 Å². The average molecular weight is 334 g/mol. The lowest BCUT2D eigenvalue weighted by molar-refractivity contribution is 0.149. The van der Waals surface area contributed by atoms with E-state index in [1.165, 1.54) is 0 Å². The zero-order valence-corrected chi connectivity index (χ0v) is 11.4. The molecule has 0 aliphatic heterocycles. The minimum Gasteiger partial charge on any atom is -0.381 e. The van der Waals surface area contributed by atoms with Crippen LogP contribution in [-0.2, 0) is 11.2 Å². The molecule has 0 saturated heterocycles. The zero-order chi connectivity index (χ0) is 11.5. The second-order valence-corrected chi connectivity index (χ2v) is 5.01. The van der Waals surface area contributed by atoms with Gasteiger partial charge in [-0.1, -0.05) is 0 Å². The van der Waals surface area contributed by atoms with Crippen molar-refractivity contribution in [1.82, 2.24) is 9.97 Å². The van der Waals surface area contributed by atoms with Gasteiger partial charge >= 0.3 is 0 Å². The van der Waals surface area contributed by atoms with E-state index < -0.39 is 0 Å². The van der Waals surface area contributed by atoms with Gasteiger partial charge in [0.05, 0.1) is 15.9 Å². The van der Waals surface area contributed by atoms with E-state index in [4.69, 9.17) is 4.74 Å². The van der Waals surface area contributed by atoms with Crippen LogP contribution in [0.3, 0.4) is 0 Å². The summed E-state index contributed by atoms with van der Waals surface area (Å²) >= 11 is 2.08. The van der Waals surface area contributed by atoms with Crippen LogP contribution in [0.2, 0.25) is 0 Å². The molecule has 1 fully saturated rings. The summed E-state index contributed by atoms with van der Waals surface area (Å²) in [6.45, 7) is 3.27. The van der Waals surface area contributed by atoms with Gasteiger partial charge in [0.15, 0.2) is 0 Å². The Morgan fingerprint density at radius 1 is 1.56 bits per heavy atom. The van der Waals surface area contributed by atoms with Crippen molar-refractivity contribution >= 4 is 22.6 Å². The van der Waals surface area contributed by atoms with Crippen molar-refractivity contribution in [2.45, 2.75) is 32.1 Å². The molecular formula is C11H15IN2O2. The lowest BCUT2D eigenvalue weighted by Crippen LogP contribution is -2.18. The highest BCUT2D eigenvalue weighted by atomic mass is 127. The van der Waals surface area contributed by atoms with Gasteiger partial charge in [-0.25, -0.2) is 4.98 Å². The maximum Gasteiger partial charge on any atom is 0.264 e. The second kappa shape index (κ2) is 5.27. The van der Waals surface area contributed by atoms with Crippen LogP contribution in [0.1, 0.15) is 37.2 Å². The number of rotatable bonds is 5. The predicted octanol–water partition coefficient (Wildman–Crippen LogP) is 1.83. The minimum atomic E-state index is -0.0102. The smallest absolute Gasteiger partial charge is 0.264 e. The summed E-state index contributed by atoms with van der Waals surface area (Å²) in [5.41, 5.74) is 0.972. The van der Waals surface area contributed by atoms with E-state index in [1.54, 1.807) is 0 Å². The number of aromatic amines is 1. The van der Waals surface area contributed by atoms with Crippen molar-refractivity contribution in [3.05, 3.63) is 25.4 Å². The summed E-state index contributed by atoms with van der Waals surface area (Å²) in [6.07, 6.45) is 3.01. The first-order valence-corrected chi connectivity index (χ1v) is 6.66. The van der Waals surface area contributed by atoms with E-state index in [-0.39, 0.29) is 5.56 Å². The number of ether oxygens (including phenoxy) is 1. The van der Waals surface area contributed by atoms with E-state index >= 15 is 0 Å². The first-order chi connectivity index (χ1) is 7.72. The number of hydrogen-bond acceptors (Lipinski definition) is 3. The Labute approximate surface area is 108 Å². The number of aromatic nitrogens is 2. The molecule has 0 amide bonds. The number of nitrogens with zero attached hydrogens (tertiary/aromatic N) is 1. The molecule has 1 saturated carbocycles. The van der Waals surface area contributed by atoms with Crippen molar-refractivity contribution < 1.29 is 4.74 Å². The van der Waals surface area contributed by atoms with Gasteiger partial charge in [0.2, 0.25) is 0 Å². The van der Waals surface area contributed by atoms with Gasteiger partial charge in [0.25, 0.3) is 5.56 Å². The highest BCUT2D eigenvalue weighted by Gasteiger charge is 2.28. The van der Waals surface area contributed by atoms with Crippen LogP contribution >= 0.6 is 22.6 Å². The van der Waals surface area contributed by atoms with Gasteiger partial charge in [0.1, 0.15) is 5.82 Å². The zero-order valence-electron chi connectivity index (χ0n) is 9.25. The molecular weight excluding hydrogens is 319 g/mol. The van der Waals surface area contributed by atoms with E-state index in [0.717, 1.165) is 27.9 Å². The van der Waals surface area contributed by atoms with Crippen molar-refractivity contribution in [2.24, 2.45) is 0 Å². The number of H-pyrrole nitrogens is 1. The lowest BCUT2D eigenvalue weighted by atomic mass is 10.2. The molecule has 0 atom stereocenters. The van der Waals surface area contributed by atoms with E-state index in [1.807, 2.05) is 6.92 Å². The topological polar surface area (TPSA) is 55.0 Å². The number of hydrogen-bond donors (Lipinski definition) is 1. The largest absolute Gasteiger partial charge is 0.381 e. The molecule has 1 aliphatic rings. The summed E-state index contributed by atoms with van der Waals surface area (Å²) in [5.74, 6) is 1.26. The molecule has 0 radical (unpaired) electrons. The van der Waals surface area contributed by atoms with Gasteiger partial charge in [0, 0.05) is 18.9 Å². The fraction of sp³-hybridized carbons (Fsp3) is 0.636. The Hall–Kier alpha value is -0.430. The molecule has 0 unspecified atom stereocenters. The third kappa shape index (κ3) is 2.82. The average Bonchev–Trinajstić information content (AvgIpc) is 3.07. The molecule has 2 rings (SSSR count). The first-order valence-electron chi connectivity index (χ1n) is 5.58. The molecule has 1 aromatic heterocycles. The lowest BCUT2D eigenvalue weighted by Gasteiger charge is -2.05. The van der Waals surface area contributed by atoms with Crippen LogP contribution in [0, 0.1) is 3.57 Å². The summed E-state index contributed by atoms with van der Waals surface area (Å²) in [7, 11) is 0. The Morgan fingerprint density at radius 2 is 2.31 bits per heavy atom. The van der Waals surface area contributed by atoms with Crippen LogP contribution in [0.25, 0.3) is 0 Å². The standard InChI is InChI=1S/C11H15IN2O2/c1-2-16-6-5-8-13-10(7-3-4-7)9(12)11(15)14-8/h7H,2-6H2,1H3,(H,13,14,15). The highest BCUT2D eigenvalue weighted by Crippen LogP contribution is 2.40. The normalized spacial score (nSPS) is 15.4.